The first-order valence-electron chi connectivity index (χ1n) is 7.27. The van der Waals surface area contributed by atoms with E-state index in [1.54, 1.807) is 7.11 Å². The molecule has 0 heterocycles. The van der Waals surface area contributed by atoms with E-state index in [0.29, 0.717) is 12.3 Å². The second kappa shape index (κ2) is 7.53. The number of nitrogens with one attached hydrogen (secondary N) is 1. The number of hydrogen-bond donors (Lipinski definition) is 1. The van der Waals surface area contributed by atoms with Gasteiger partial charge in [0.2, 0.25) is 5.91 Å². The topological polar surface area (TPSA) is 38.3 Å². The summed E-state index contributed by atoms with van der Waals surface area (Å²) in [4.78, 5) is 12.0. The Morgan fingerprint density at radius 3 is 3.05 bits per heavy atom. The van der Waals surface area contributed by atoms with Crippen LogP contribution in [-0.4, -0.2) is 18.9 Å². The van der Waals surface area contributed by atoms with Crippen LogP contribution in [0.1, 0.15) is 49.3 Å². The molecule has 4 heteroatoms. The van der Waals surface area contributed by atoms with Crippen molar-refractivity contribution in [3.8, 4) is 5.75 Å². The SMILES string of the molecule is COc1cccc2c1C(NC(=O)CCCCCl)CCC2. The van der Waals surface area contributed by atoms with Gasteiger partial charge in [0, 0.05) is 17.9 Å². The van der Waals surface area contributed by atoms with Crippen LogP contribution in [0.5, 0.6) is 5.75 Å². The Morgan fingerprint density at radius 2 is 2.30 bits per heavy atom. The van der Waals surface area contributed by atoms with Gasteiger partial charge in [-0.3, -0.25) is 4.79 Å². The first kappa shape index (κ1) is 15.2. The molecule has 1 aromatic carbocycles. The number of unbranched alkanes of at least 4 members (excludes halogenated alkanes) is 1. The number of carbonyl (C=O) groups is 1. The molecular formula is C16H22ClNO2. The summed E-state index contributed by atoms with van der Waals surface area (Å²) < 4.78 is 5.45. The van der Waals surface area contributed by atoms with E-state index in [2.05, 4.69) is 11.4 Å². The number of aryl methyl sites for hydroxylation is 1. The molecule has 1 amide bonds. The van der Waals surface area contributed by atoms with Crippen molar-refractivity contribution in [3.05, 3.63) is 29.3 Å². The zero-order chi connectivity index (χ0) is 14.4. The molecule has 0 aromatic heterocycles. The fourth-order valence-corrected chi connectivity index (χ4v) is 3.00. The maximum Gasteiger partial charge on any atom is 0.220 e. The molecule has 1 aromatic rings. The van der Waals surface area contributed by atoms with Gasteiger partial charge in [-0.15, -0.1) is 11.6 Å². The van der Waals surface area contributed by atoms with Crippen molar-refractivity contribution in [2.45, 2.75) is 44.6 Å². The van der Waals surface area contributed by atoms with Crippen LogP contribution >= 0.6 is 11.6 Å². The molecule has 0 radical (unpaired) electrons. The van der Waals surface area contributed by atoms with Crippen molar-refractivity contribution in [1.29, 1.82) is 0 Å². The van der Waals surface area contributed by atoms with Crippen molar-refractivity contribution >= 4 is 17.5 Å². The highest BCUT2D eigenvalue weighted by Crippen LogP contribution is 2.36. The van der Waals surface area contributed by atoms with E-state index in [-0.39, 0.29) is 11.9 Å². The highest BCUT2D eigenvalue weighted by atomic mass is 35.5. The minimum Gasteiger partial charge on any atom is -0.496 e. The molecule has 0 fully saturated rings. The van der Waals surface area contributed by atoms with Gasteiger partial charge in [-0.05, 0) is 43.7 Å². The van der Waals surface area contributed by atoms with Crippen LogP contribution in [0.3, 0.4) is 0 Å². The molecule has 1 unspecified atom stereocenters. The standard InChI is InChI=1S/C16H22ClNO2/c1-20-14-9-5-7-12-6-4-8-13(16(12)14)18-15(19)10-2-3-11-17/h5,7,9,13H,2-4,6,8,10-11H2,1H3,(H,18,19). The van der Waals surface area contributed by atoms with E-state index in [1.807, 2.05) is 12.1 Å². The highest BCUT2D eigenvalue weighted by molar-refractivity contribution is 6.17. The Balaban J connectivity index is 2.06. The summed E-state index contributed by atoms with van der Waals surface area (Å²) in [6.45, 7) is 0. The Labute approximate surface area is 125 Å². The number of ether oxygens (including phenoxy) is 1. The largest absolute Gasteiger partial charge is 0.496 e. The molecule has 3 nitrogen and oxygen atoms in total. The summed E-state index contributed by atoms with van der Waals surface area (Å²) in [5.74, 6) is 1.61. The van der Waals surface area contributed by atoms with Gasteiger partial charge in [0.25, 0.3) is 0 Å². The summed E-state index contributed by atoms with van der Waals surface area (Å²) in [7, 11) is 1.68. The van der Waals surface area contributed by atoms with Crippen LogP contribution in [0.15, 0.2) is 18.2 Å². The van der Waals surface area contributed by atoms with Crippen molar-refractivity contribution in [2.24, 2.45) is 0 Å². The molecule has 110 valence electrons. The van der Waals surface area contributed by atoms with E-state index >= 15 is 0 Å². The van der Waals surface area contributed by atoms with Gasteiger partial charge in [0.05, 0.1) is 13.2 Å². The normalized spacial score (nSPS) is 17.4. The molecule has 1 aliphatic rings. The lowest BCUT2D eigenvalue weighted by Gasteiger charge is -2.28. The average Bonchev–Trinajstić information content (AvgIpc) is 2.47. The molecule has 0 saturated carbocycles. The molecule has 1 aliphatic carbocycles. The number of amides is 1. The van der Waals surface area contributed by atoms with Gasteiger partial charge in [-0.25, -0.2) is 0 Å². The number of halogens is 1. The molecule has 1 atom stereocenters. The van der Waals surface area contributed by atoms with E-state index in [0.717, 1.165) is 43.4 Å². The van der Waals surface area contributed by atoms with Crippen molar-refractivity contribution in [1.82, 2.24) is 5.32 Å². The average molecular weight is 296 g/mol. The van der Waals surface area contributed by atoms with Gasteiger partial charge < -0.3 is 10.1 Å². The van der Waals surface area contributed by atoms with Gasteiger partial charge in [0.1, 0.15) is 5.75 Å². The van der Waals surface area contributed by atoms with Crippen molar-refractivity contribution < 1.29 is 9.53 Å². The predicted molar refractivity (Wildman–Crippen MR) is 81.4 cm³/mol. The second-order valence-electron chi connectivity index (χ2n) is 5.19. The monoisotopic (exact) mass is 295 g/mol. The molecule has 2 rings (SSSR count). The van der Waals surface area contributed by atoms with Crippen LogP contribution in [-0.2, 0) is 11.2 Å². The molecule has 0 spiro atoms. The number of hydrogen-bond acceptors (Lipinski definition) is 2. The van der Waals surface area contributed by atoms with Gasteiger partial charge in [-0.1, -0.05) is 12.1 Å². The number of rotatable bonds is 6. The van der Waals surface area contributed by atoms with E-state index < -0.39 is 0 Å². The Kier molecular flexibility index (Phi) is 5.72. The summed E-state index contributed by atoms with van der Waals surface area (Å²) in [5, 5.41) is 3.15. The van der Waals surface area contributed by atoms with Crippen molar-refractivity contribution in [2.75, 3.05) is 13.0 Å². The lowest BCUT2D eigenvalue weighted by molar-refractivity contribution is -0.122. The number of methoxy groups -OCH3 is 1. The minimum atomic E-state index is 0.0819. The molecular weight excluding hydrogens is 274 g/mol. The summed E-state index contributed by atoms with van der Waals surface area (Å²) >= 11 is 5.64. The van der Waals surface area contributed by atoms with Gasteiger partial charge in [0.15, 0.2) is 0 Å². The third kappa shape index (κ3) is 3.66. The summed E-state index contributed by atoms with van der Waals surface area (Å²) in [6, 6.07) is 6.20. The third-order valence-corrected chi connectivity index (χ3v) is 4.05. The Bertz CT molecular complexity index is 448. The fourth-order valence-electron chi connectivity index (χ4n) is 2.81. The molecule has 1 N–H and O–H groups in total. The minimum absolute atomic E-state index is 0.0819. The number of carbonyl (C=O) groups excluding carboxylic acids is 1. The van der Waals surface area contributed by atoms with Crippen LogP contribution in [0.2, 0.25) is 0 Å². The zero-order valence-corrected chi connectivity index (χ0v) is 12.7. The van der Waals surface area contributed by atoms with E-state index in [1.165, 1.54) is 5.56 Å². The van der Waals surface area contributed by atoms with Crippen molar-refractivity contribution in [3.63, 3.8) is 0 Å². The van der Waals surface area contributed by atoms with Crippen LogP contribution in [0.25, 0.3) is 0 Å². The molecule has 0 aliphatic heterocycles. The summed E-state index contributed by atoms with van der Waals surface area (Å²) in [6.07, 6.45) is 5.43. The van der Waals surface area contributed by atoms with E-state index in [4.69, 9.17) is 16.3 Å². The number of alkyl halides is 1. The quantitative estimate of drug-likeness (QED) is 0.643. The maximum absolute atomic E-state index is 12.0. The fraction of sp³-hybridized carbons (Fsp3) is 0.562. The first-order valence-corrected chi connectivity index (χ1v) is 7.81. The van der Waals surface area contributed by atoms with Crippen LogP contribution in [0.4, 0.5) is 0 Å². The molecule has 20 heavy (non-hydrogen) atoms. The van der Waals surface area contributed by atoms with Crippen LogP contribution < -0.4 is 10.1 Å². The van der Waals surface area contributed by atoms with E-state index in [9.17, 15) is 4.79 Å². The number of fused-ring (bicyclic) bond motifs is 1. The van der Waals surface area contributed by atoms with Gasteiger partial charge in [-0.2, -0.15) is 0 Å². The first-order chi connectivity index (χ1) is 9.76. The second-order valence-corrected chi connectivity index (χ2v) is 5.57. The Hall–Kier alpha value is -1.22. The lowest BCUT2D eigenvalue weighted by atomic mass is 9.87. The lowest BCUT2D eigenvalue weighted by Crippen LogP contribution is -2.31. The molecule has 0 saturated heterocycles. The predicted octanol–water partition coefficient (Wildman–Crippen LogP) is 3.60. The third-order valence-electron chi connectivity index (χ3n) is 3.79. The number of benzene rings is 1. The summed E-state index contributed by atoms with van der Waals surface area (Å²) in [5.41, 5.74) is 2.45. The maximum atomic E-state index is 12.0. The molecule has 0 bridgehead atoms. The van der Waals surface area contributed by atoms with Crippen LogP contribution in [0, 0.1) is 0 Å². The zero-order valence-electron chi connectivity index (χ0n) is 12.0. The van der Waals surface area contributed by atoms with Gasteiger partial charge >= 0.3 is 0 Å². The smallest absolute Gasteiger partial charge is 0.220 e. The Morgan fingerprint density at radius 1 is 1.45 bits per heavy atom. The highest BCUT2D eigenvalue weighted by Gasteiger charge is 2.24.